The van der Waals surface area contributed by atoms with E-state index in [9.17, 15) is 0 Å². The number of halogens is 2. The molecule has 10 heavy (non-hydrogen) atoms. The summed E-state index contributed by atoms with van der Waals surface area (Å²) in [6.07, 6.45) is 0. The highest BCUT2D eigenvalue weighted by atomic mass is 79.9. The molecule has 0 aromatic carbocycles. The van der Waals surface area contributed by atoms with Crippen molar-refractivity contribution in [2.75, 3.05) is 0 Å². The minimum Gasteiger partial charge on any atom is -0.127 e. The fourth-order valence-corrected chi connectivity index (χ4v) is 40.3. The molecule has 1 rings (SSSR count). The zero-order valence-electron chi connectivity index (χ0n) is 6.58. The molecule has 0 bridgehead atoms. The summed E-state index contributed by atoms with van der Waals surface area (Å²) in [5.41, 5.74) is 3.12. The minimum atomic E-state index is -0.800. The van der Waals surface area contributed by atoms with E-state index in [0.29, 0.717) is 0 Å². The van der Waals surface area contributed by atoms with Gasteiger partial charge in [0.15, 0.2) is 0 Å². The Kier molecular flexibility index (Phi) is 2.87. The van der Waals surface area contributed by atoms with E-state index in [-0.39, 0.29) is 0 Å². The first-order valence-electron chi connectivity index (χ1n) is 3.91. The van der Waals surface area contributed by atoms with Crippen LogP contribution in [0.25, 0.3) is 0 Å². The Morgan fingerprint density at radius 1 is 1.00 bits per heavy atom. The average Bonchev–Trinajstić information content (AvgIpc) is 1.85. The van der Waals surface area contributed by atoms with Crippen molar-refractivity contribution in [1.82, 2.24) is 0 Å². The second-order valence-electron chi connectivity index (χ2n) is 3.36. The van der Waals surface area contributed by atoms with Crippen molar-refractivity contribution in [2.45, 2.75) is 37.3 Å². The molecule has 0 atom stereocenters. The summed E-state index contributed by atoms with van der Waals surface area (Å²) in [5.74, 6) is 0. The third-order valence-electron chi connectivity index (χ3n) is 2.53. The summed E-state index contributed by atoms with van der Waals surface area (Å²) in [6.45, 7) is 3.06. The largest absolute Gasteiger partial charge is 0.127 e. The summed E-state index contributed by atoms with van der Waals surface area (Å²) in [6, 6.07) is 2.85. The zero-order valence-corrected chi connectivity index (χ0v) is 11.8. The maximum atomic E-state index is 3.93. The standard InChI is InChI=1S/C6H14Br2Si2/c1-3-9(7)5-10(8,4-2)6-9/h3-6H2,1-2H3. The highest BCUT2D eigenvalue weighted by Crippen LogP contribution is 2.51. The van der Waals surface area contributed by atoms with Crippen LogP contribution in [0.1, 0.15) is 13.8 Å². The first-order valence-corrected chi connectivity index (χ1v) is 13.7. The van der Waals surface area contributed by atoms with E-state index in [1.165, 1.54) is 12.1 Å². The van der Waals surface area contributed by atoms with Crippen LogP contribution in [0.15, 0.2) is 0 Å². The van der Waals surface area contributed by atoms with Gasteiger partial charge in [-0.3, -0.25) is 0 Å². The van der Waals surface area contributed by atoms with Crippen molar-refractivity contribution >= 4 is 44.0 Å². The van der Waals surface area contributed by atoms with Gasteiger partial charge in [0.05, 0.1) is 0 Å². The predicted octanol–water partition coefficient (Wildman–Crippen LogP) is 3.80. The summed E-state index contributed by atoms with van der Waals surface area (Å²) in [7, 11) is 0. The van der Waals surface area contributed by atoms with Crippen LogP contribution in [-0.2, 0) is 0 Å². The van der Waals surface area contributed by atoms with Gasteiger partial charge in [-0.25, -0.2) is 0 Å². The van der Waals surface area contributed by atoms with Gasteiger partial charge in [-0.2, -0.15) is 0 Å². The lowest BCUT2D eigenvalue weighted by atomic mass is 11.0. The lowest BCUT2D eigenvalue weighted by Crippen LogP contribution is -2.54. The molecule has 0 aromatic heterocycles. The molecular formula is C6H14Br2Si2. The van der Waals surface area contributed by atoms with Gasteiger partial charge in [0, 0.05) is 0 Å². The SMILES string of the molecule is CC[Si]1(Br)C[Si](Br)(CC)C1. The van der Waals surface area contributed by atoms with Crippen molar-refractivity contribution in [3.63, 3.8) is 0 Å². The summed E-state index contributed by atoms with van der Waals surface area (Å²) < 4.78 is 0. The molecule has 1 aliphatic rings. The molecule has 0 saturated carbocycles. The third-order valence-corrected chi connectivity index (χ3v) is 28.7. The normalized spacial score (nSPS) is 46.8. The first kappa shape index (κ1) is 9.48. The minimum absolute atomic E-state index is 0.800. The van der Waals surface area contributed by atoms with E-state index < -0.39 is 13.4 Å². The molecule has 0 N–H and O–H groups in total. The maximum Gasteiger partial charge on any atom is 0.126 e. The van der Waals surface area contributed by atoms with Crippen LogP contribution in [0.3, 0.4) is 0 Å². The van der Waals surface area contributed by atoms with E-state index in [0.717, 1.165) is 0 Å². The number of rotatable bonds is 2. The number of hydrogen-bond donors (Lipinski definition) is 0. The fraction of sp³-hybridized carbons (Fsp3) is 1.00. The van der Waals surface area contributed by atoms with Crippen LogP contribution in [0.2, 0.25) is 23.4 Å². The predicted molar refractivity (Wildman–Crippen MR) is 59.9 cm³/mol. The van der Waals surface area contributed by atoms with Crippen LogP contribution >= 0.6 is 30.6 Å². The lowest BCUT2D eigenvalue weighted by molar-refractivity contribution is 1.26. The van der Waals surface area contributed by atoms with E-state index in [4.69, 9.17) is 0 Å². The van der Waals surface area contributed by atoms with Gasteiger partial charge >= 0.3 is 0 Å². The topological polar surface area (TPSA) is 0 Å². The fourth-order valence-electron chi connectivity index (χ4n) is 1.58. The van der Waals surface area contributed by atoms with E-state index in [1.807, 2.05) is 0 Å². The van der Waals surface area contributed by atoms with E-state index in [2.05, 4.69) is 44.4 Å². The summed E-state index contributed by atoms with van der Waals surface area (Å²) in [4.78, 5) is 0. The van der Waals surface area contributed by atoms with Gasteiger partial charge in [0.25, 0.3) is 0 Å². The van der Waals surface area contributed by atoms with Gasteiger partial charge in [-0.05, 0) is 11.3 Å². The van der Waals surface area contributed by atoms with Gasteiger partial charge in [-0.1, -0.05) is 25.9 Å². The second-order valence-corrected chi connectivity index (χ2v) is 22.3. The molecule has 0 radical (unpaired) electrons. The maximum absolute atomic E-state index is 3.93. The molecule has 1 saturated heterocycles. The van der Waals surface area contributed by atoms with Gasteiger partial charge in [0.1, 0.15) is 13.4 Å². The molecule has 0 aromatic rings. The molecule has 0 aliphatic carbocycles. The monoisotopic (exact) mass is 300 g/mol. The van der Waals surface area contributed by atoms with Crippen molar-refractivity contribution in [3.8, 4) is 0 Å². The average molecular weight is 302 g/mol. The van der Waals surface area contributed by atoms with Gasteiger partial charge in [0.2, 0.25) is 0 Å². The lowest BCUT2D eigenvalue weighted by Gasteiger charge is -2.46. The van der Waals surface area contributed by atoms with Crippen molar-refractivity contribution in [2.24, 2.45) is 0 Å². The second kappa shape index (κ2) is 3.03. The molecule has 0 nitrogen and oxygen atoms in total. The van der Waals surface area contributed by atoms with Gasteiger partial charge in [-0.15, -0.1) is 30.6 Å². The highest BCUT2D eigenvalue weighted by Gasteiger charge is 2.53. The Bertz CT molecular complexity index is 118. The Morgan fingerprint density at radius 3 is 1.50 bits per heavy atom. The van der Waals surface area contributed by atoms with Crippen LogP contribution < -0.4 is 0 Å². The molecule has 0 unspecified atom stereocenters. The van der Waals surface area contributed by atoms with Gasteiger partial charge < -0.3 is 0 Å². The molecule has 0 amide bonds. The van der Waals surface area contributed by atoms with E-state index in [1.54, 1.807) is 11.3 Å². The summed E-state index contributed by atoms with van der Waals surface area (Å²) >= 11 is 7.85. The van der Waals surface area contributed by atoms with Crippen LogP contribution in [0, 0.1) is 0 Å². The quantitative estimate of drug-likeness (QED) is 0.537. The third kappa shape index (κ3) is 1.76. The summed E-state index contributed by atoms with van der Waals surface area (Å²) in [5, 5.41) is 0. The Balaban J connectivity index is 2.42. The molecule has 0 spiro atoms. The highest BCUT2D eigenvalue weighted by molar-refractivity contribution is 9.29. The molecule has 1 heterocycles. The van der Waals surface area contributed by atoms with Crippen LogP contribution in [0.5, 0.6) is 0 Å². The van der Waals surface area contributed by atoms with Crippen molar-refractivity contribution in [3.05, 3.63) is 0 Å². The Hall–Kier alpha value is 1.39. The van der Waals surface area contributed by atoms with E-state index >= 15 is 0 Å². The molecular weight excluding hydrogens is 288 g/mol. The zero-order chi connectivity index (χ0) is 7.83. The Labute approximate surface area is 81.0 Å². The van der Waals surface area contributed by atoms with Crippen LogP contribution in [-0.4, -0.2) is 13.4 Å². The molecule has 1 fully saturated rings. The van der Waals surface area contributed by atoms with Crippen LogP contribution in [0.4, 0.5) is 0 Å². The number of hydrogen-bond acceptors (Lipinski definition) is 0. The molecule has 4 heteroatoms. The first-order chi connectivity index (χ1) is 4.54. The Morgan fingerprint density at radius 2 is 1.30 bits per heavy atom. The van der Waals surface area contributed by atoms with Crippen molar-refractivity contribution < 1.29 is 0 Å². The molecule has 60 valence electrons. The molecule has 1 aliphatic heterocycles. The van der Waals surface area contributed by atoms with Crippen molar-refractivity contribution in [1.29, 1.82) is 0 Å². The smallest absolute Gasteiger partial charge is 0.126 e.